The molecule has 0 bridgehead atoms. The van der Waals surface area contributed by atoms with Crippen molar-refractivity contribution in [1.29, 1.82) is 0 Å². The fourth-order valence-corrected chi connectivity index (χ4v) is 4.04. The molecule has 1 aliphatic heterocycles. The van der Waals surface area contributed by atoms with Crippen LogP contribution in [0.25, 0.3) is 0 Å². The van der Waals surface area contributed by atoms with Gasteiger partial charge in [-0.3, -0.25) is 9.89 Å². The predicted octanol–water partition coefficient (Wildman–Crippen LogP) is 3.60. The Balaban J connectivity index is 1.39. The Morgan fingerprint density at radius 3 is 2.74 bits per heavy atom. The fourth-order valence-electron chi connectivity index (χ4n) is 3.29. The van der Waals surface area contributed by atoms with Crippen molar-refractivity contribution in [1.82, 2.24) is 15.5 Å². The van der Waals surface area contributed by atoms with Gasteiger partial charge in [0.2, 0.25) is 0 Å². The Morgan fingerprint density at radius 2 is 2.04 bits per heavy atom. The standard InChI is InChI=1S/C20H26F2N4S/c1-23-20(25-13-16-11-17(21)4-5-19(16)22)24-12-15-6-8-26(9-7-15)14-18-3-2-10-27-18/h2-5,10-11,15H,6-9,12-14H2,1H3,(H2,23,24,25). The van der Waals surface area contributed by atoms with Gasteiger partial charge in [0.15, 0.2) is 5.96 Å². The van der Waals surface area contributed by atoms with Gasteiger partial charge in [-0.1, -0.05) is 6.07 Å². The van der Waals surface area contributed by atoms with E-state index in [9.17, 15) is 8.78 Å². The summed E-state index contributed by atoms with van der Waals surface area (Å²) in [5.41, 5.74) is 0.292. The number of piperidine rings is 1. The van der Waals surface area contributed by atoms with Crippen LogP contribution in [0.2, 0.25) is 0 Å². The molecule has 7 heteroatoms. The molecule has 0 saturated carbocycles. The number of aliphatic imine (C=N–C) groups is 1. The van der Waals surface area contributed by atoms with E-state index in [1.165, 1.54) is 10.9 Å². The molecule has 3 rings (SSSR count). The number of hydrogen-bond acceptors (Lipinski definition) is 3. The molecule has 2 heterocycles. The number of thiophene rings is 1. The van der Waals surface area contributed by atoms with E-state index in [0.717, 1.165) is 51.2 Å². The fraction of sp³-hybridized carbons (Fsp3) is 0.450. The van der Waals surface area contributed by atoms with Crippen LogP contribution in [-0.2, 0) is 13.1 Å². The maximum Gasteiger partial charge on any atom is 0.191 e. The second-order valence-corrected chi connectivity index (χ2v) is 7.87. The van der Waals surface area contributed by atoms with Crippen LogP contribution in [0, 0.1) is 17.6 Å². The van der Waals surface area contributed by atoms with Crippen molar-refractivity contribution in [3.63, 3.8) is 0 Å². The first-order valence-corrected chi connectivity index (χ1v) is 10.1. The Labute approximate surface area is 163 Å². The molecule has 27 heavy (non-hydrogen) atoms. The lowest BCUT2D eigenvalue weighted by Crippen LogP contribution is -2.42. The number of likely N-dealkylation sites (tertiary alicyclic amines) is 1. The van der Waals surface area contributed by atoms with E-state index in [1.807, 2.05) is 11.3 Å². The lowest BCUT2D eigenvalue weighted by Gasteiger charge is -2.32. The van der Waals surface area contributed by atoms with Crippen LogP contribution >= 0.6 is 11.3 Å². The zero-order valence-corrected chi connectivity index (χ0v) is 16.4. The number of rotatable bonds is 6. The summed E-state index contributed by atoms with van der Waals surface area (Å²) in [5.74, 6) is 0.344. The first-order valence-electron chi connectivity index (χ1n) is 9.27. The van der Waals surface area contributed by atoms with Gasteiger partial charge in [0.05, 0.1) is 0 Å². The minimum atomic E-state index is -0.439. The van der Waals surface area contributed by atoms with E-state index in [4.69, 9.17) is 0 Å². The highest BCUT2D eigenvalue weighted by Gasteiger charge is 2.19. The van der Waals surface area contributed by atoms with Gasteiger partial charge >= 0.3 is 0 Å². The molecule has 4 nitrogen and oxygen atoms in total. The number of guanidine groups is 1. The van der Waals surface area contributed by atoms with Crippen molar-refractivity contribution in [2.45, 2.75) is 25.9 Å². The van der Waals surface area contributed by atoms with Crippen molar-refractivity contribution in [3.05, 3.63) is 57.8 Å². The molecule has 1 fully saturated rings. The molecule has 0 radical (unpaired) electrons. The number of nitrogens with one attached hydrogen (secondary N) is 2. The van der Waals surface area contributed by atoms with E-state index in [-0.39, 0.29) is 6.54 Å². The maximum atomic E-state index is 13.7. The van der Waals surface area contributed by atoms with Gasteiger partial charge in [-0.15, -0.1) is 11.3 Å². The number of hydrogen-bond donors (Lipinski definition) is 2. The molecular weight excluding hydrogens is 366 g/mol. The average molecular weight is 393 g/mol. The van der Waals surface area contributed by atoms with Gasteiger partial charge in [-0.25, -0.2) is 8.78 Å². The zero-order chi connectivity index (χ0) is 19.1. The molecule has 2 aromatic rings. The summed E-state index contributed by atoms with van der Waals surface area (Å²) in [5, 5.41) is 8.49. The van der Waals surface area contributed by atoms with E-state index in [0.29, 0.717) is 17.4 Å². The molecule has 1 aromatic heterocycles. The van der Waals surface area contributed by atoms with E-state index < -0.39 is 11.6 Å². The molecule has 146 valence electrons. The smallest absolute Gasteiger partial charge is 0.191 e. The zero-order valence-electron chi connectivity index (χ0n) is 15.5. The van der Waals surface area contributed by atoms with Gasteiger partial charge < -0.3 is 10.6 Å². The van der Waals surface area contributed by atoms with Gasteiger partial charge in [0, 0.05) is 37.1 Å². The monoisotopic (exact) mass is 392 g/mol. The van der Waals surface area contributed by atoms with Crippen LogP contribution in [0.4, 0.5) is 8.78 Å². The summed E-state index contributed by atoms with van der Waals surface area (Å²) in [6.07, 6.45) is 2.29. The second-order valence-electron chi connectivity index (χ2n) is 6.84. The van der Waals surface area contributed by atoms with Crippen molar-refractivity contribution in [3.8, 4) is 0 Å². The first kappa shape index (κ1) is 19.8. The lowest BCUT2D eigenvalue weighted by molar-refractivity contribution is 0.179. The Morgan fingerprint density at radius 1 is 1.22 bits per heavy atom. The summed E-state index contributed by atoms with van der Waals surface area (Å²) < 4.78 is 27.0. The Bertz CT molecular complexity index is 740. The van der Waals surface area contributed by atoms with Crippen molar-refractivity contribution >= 4 is 17.3 Å². The minimum absolute atomic E-state index is 0.197. The van der Waals surface area contributed by atoms with E-state index in [2.05, 4.69) is 38.0 Å². The third-order valence-corrected chi connectivity index (χ3v) is 5.76. The van der Waals surface area contributed by atoms with E-state index in [1.54, 1.807) is 7.05 Å². The summed E-state index contributed by atoms with van der Waals surface area (Å²) >= 11 is 1.81. The molecule has 0 spiro atoms. The van der Waals surface area contributed by atoms with Gasteiger partial charge in [-0.2, -0.15) is 0 Å². The molecule has 0 atom stereocenters. The van der Waals surface area contributed by atoms with Crippen LogP contribution in [0.15, 0.2) is 40.7 Å². The van der Waals surface area contributed by atoms with Crippen LogP contribution in [0.5, 0.6) is 0 Å². The summed E-state index contributed by atoms with van der Waals surface area (Å²) in [6, 6.07) is 7.77. The molecule has 1 aromatic carbocycles. The Hall–Kier alpha value is -1.99. The number of benzene rings is 1. The van der Waals surface area contributed by atoms with Gasteiger partial charge in [-0.05, 0) is 61.5 Å². The van der Waals surface area contributed by atoms with Crippen LogP contribution in [-0.4, -0.2) is 37.5 Å². The molecule has 1 saturated heterocycles. The average Bonchev–Trinajstić information content (AvgIpc) is 3.19. The number of halogens is 2. The van der Waals surface area contributed by atoms with Crippen LogP contribution in [0.3, 0.4) is 0 Å². The molecule has 0 unspecified atom stereocenters. The SMILES string of the molecule is CN=C(NCc1cc(F)ccc1F)NCC1CCN(Cc2cccs2)CC1. The van der Waals surface area contributed by atoms with Crippen LogP contribution < -0.4 is 10.6 Å². The summed E-state index contributed by atoms with van der Waals surface area (Å²) in [6.45, 7) is 4.27. The van der Waals surface area contributed by atoms with Crippen LogP contribution in [0.1, 0.15) is 23.3 Å². The highest BCUT2D eigenvalue weighted by molar-refractivity contribution is 7.09. The lowest BCUT2D eigenvalue weighted by atomic mass is 9.97. The largest absolute Gasteiger partial charge is 0.356 e. The van der Waals surface area contributed by atoms with E-state index >= 15 is 0 Å². The second kappa shape index (κ2) is 9.80. The highest BCUT2D eigenvalue weighted by Crippen LogP contribution is 2.20. The molecule has 1 aliphatic rings. The van der Waals surface area contributed by atoms with Gasteiger partial charge in [0.1, 0.15) is 11.6 Å². The Kier molecular flexibility index (Phi) is 7.18. The molecular formula is C20H26F2N4S. The first-order chi connectivity index (χ1) is 13.1. The predicted molar refractivity (Wildman–Crippen MR) is 107 cm³/mol. The highest BCUT2D eigenvalue weighted by atomic mass is 32.1. The van der Waals surface area contributed by atoms with Crippen molar-refractivity contribution in [2.24, 2.45) is 10.9 Å². The normalized spacial score (nSPS) is 16.5. The third-order valence-electron chi connectivity index (χ3n) is 4.90. The third kappa shape index (κ3) is 6.01. The molecule has 0 amide bonds. The topological polar surface area (TPSA) is 39.7 Å². The molecule has 0 aliphatic carbocycles. The molecule has 2 N–H and O–H groups in total. The van der Waals surface area contributed by atoms with Crippen molar-refractivity contribution in [2.75, 3.05) is 26.7 Å². The summed E-state index contributed by atoms with van der Waals surface area (Å²) in [4.78, 5) is 8.09. The van der Waals surface area contributed by atoms with Gasteiger partial charge in [0.25, 0.3) is 0 Å². The quantitative estimate of drug-likeness (QED) is 0.583. The maximum absolute atomic E-state index is 13.7. The van der Waals surface area contributed by atoms with Crippen molar-refractivity contribution < 1.29 is 8.78 Å². The minimum Gasteiger partial charge on any atom is -0.356 e. The summed E-state index contributed by atoms with van der Waals surface area (Å²) in [7, 11) is 1.68. The number of nitrogens with zero attached hydrogens (tertiary/aromatic N) is 2.